The number of anilines is 1. The average molecular weight is 394 g/mol. The summed E-state index contributed by atoms with van der Waals surface area (Å²) >= 11 is 0. The van der Waals surface area contributed by atoms with E-state index < -0.39 is 11.9 Å². The molecule has 0 radical (unpaired) electrons. The highest BCUT2D eigenvalue weighted by Gasteiger charge is 2.14. The lowest BCUT2D eigenvalue weighted by Crippen LogP contribution is -2.32. The van der Waals surface area contributed by atoms with Crippen molar-refractivity contribution in [3.63, 3.8) is 0 Å². The fraction of sp³-hybridized carbons (Fsp3) is 0.143. The topological polar surface area (TPSA) is 107 Å². The predicted molar refractivity (Wildman–Crippen MR) is 106 cm³/mol. The van der Waals surface area contributed by atoms with Crippen LogP contribution in [0, 0.1) is 5.82 Å². The fourth-order valence-electron chi connectivity index (χ4n) is 2.43. The Bertz CT molecular complexity index is 1040. The van der Waals surface area contributed by atoms with E-state index in [1.165, 1.54) is 37.3 Å². The summed E-state index contributed by atoms with van der Waals surface area (Å²) in [5.74, 6) is 0.551. The number of nitrogens with one attached hydrogen (secondary N) is 1. The zero-order chi connectivity index (χ0) is 21.0. The van der Waals surface area contributed by atoms with E-state index >= 15 is 0 Å². The normalized spacial score (nSPS) is 11.6. The number of amides is 1. The minimum atomic E-state index is -0.663. The van der Waals surface area contributed by atoms with E-state index in [9.17, 15) is 14.0 Å². The van der Waals surface area contributed by atoms with Crippen molar-refractivity contribution in [3.8, 4) is 22.9 Å². The van der Waals surface area contributed by atoms with Crippen molar-refractivity contribution < 1.29 is 18.7 Å². The van der Waals surface area contributed by atoms with Gasteiger partial charge in [0.15, 0.2) is 11.6 Å². The Hall–Kier alpha value is -3.81. The van der Waals surface area contributed by atoms with Gasteiger partial charge in [-0.1, -0.05) is 0 Å². The van der Waals surface area contributed by atoms with Gasteiger partial charge in [-0.05, 0) is 55.5 Å². The van der Waals surface area contributed by atoms with Crippen LogP contribution in [0.15, 0.2) is 54.6 Å². The molecule has 3 N–H and O–H groups in total. The number of nitrogens with two attached hydrogens (primary N) is 1. The van der Waals surface area contributed by atoms with Gasteiger partial charge in [0.25, 0.3) is 0 Å². The van der Waals surface area contributed by atoms with Gasteiger partial charge in [-0.25, -0.2) is 14.4 Å². The maximum atomic E-state index is 13.0. The largest absolute Gasteiger partial charge is 0.457 e. The zero-order valence-electron chi connectivity index (χ0n) is 15.8. The van der Waals surface area contributed by atoms with Crippen LogP contribution in [-0.4, -0.2) is 27.7 Å². The summed E-state index contributed by atoms with van der Waals surface area (Å²) in [4.78, 5) is 31.8. The smallest absolute Gasteiger partial charge is 0.239 e. The van der Waals surface area contributed by atoms with Crippen LogP contribution in [0.2, 0.25) is 0 Å². The number of aromatic nitrogens is 2. The van der Waals surface area contributed by atoms with E-state index in [2.05, 4.69) is 15.3 Å². The summed E-state index contributed by atoms with van der Waals surface area (Å²) in [5.41, 5.74) is 6.13. The van der Waals surface area contributed by atoms with E-state index in [1.54, 1.807) is 31.2 Å². The molecule has 0 saturated carbocycles. The number of Topliss-reactive ketones (excluding diaryl/α,β-unsaturated/α-hetero) is 1. The van der Waals surface area contributed by atoms with Gasteiger partial charge < -0.3 is 15.8 Å². The summed E-state index contributed by atoms with van der Waals surface area (Å²) in [6, 6.07) is 13.4. The molecule has 1 amide bonds. The molecule has 148 valence electrons. The Balaban J connectivity index is 1.86. The summed E-state index contributed by atoms with van der Waals surface area (Å²) in [5, 5.41) is 2.86. The van der Waals surface area contributed by atoms with E-state index in [4.69, 9.17) is 10.5 Å². The Morgan fingerprint density at radius 1 is 1.03 bits per heavy atom. The molecule has 1 aromatic heterocycles. The molecule has 0 aliphatic carbocycles. The highest BCUT2D eigenvalue weighted by molar-refractivity contribution is 5.93. The zero-order valence-corrected chi connectivity index (χ0v) is 15.8. The molecule has 0 saturated heterocycles. The molecule has 0 unspecified atom stereocenters. The van der Waals surface area contributed by atoms with Gasteiger partial charge in [-0.2, -0.15) is 0 Å². The first kappa shape index (κ1) is 19.9. The predicted octanol–water partition coefficient (Wildman–Crippen LogP) is 3.56. The van der Waals surface area contributed by atoms with Crippen LogP contribution in [0.3, 0.4) is 0 Å². The number of rotatable bonds is 7. The molecule has 0 aliphatic rings. The average Bonchev–Trinajstić information content (AvgIpc) is 2.70. The molecule has 1 heterocycles. The highest BCUT2D eigenvalue weighted by atomic mass is 19.1. The van der Waals surface area contributed by atoms with Gasteiger partial charge in [-0.15, -0.1) is 0 Å². The van der Waals surface area contributed by atoms with Crippen molar-refractivity contribution in [1.29, 1.82) is 0 Å². The Kier molecular flexibility index (Phi) is 5.82. The summed E-state index contributed by atoms with van der Waals surface area (Å²) in [6.45, 7) is 2.99. The molecular formula is C21H19FN4O3. The van der Waals surface area contributed by atoms with Crippen molar-refractivity contribution in [2.45, 2.75) is 19.9 Å². The van der Waals surface area contributed by atoms with Crippen LogP contribution in [0.5, 0.6) is 11.5 Å². The summed E-state index contributed by atoms with van der Waals surface area (Å²) < 4.78 is 18.7. The Morgan fingerprint density at radius 2 is 1.62 bits per heavy atom. The van der Waals surface area contributed by atoms with Crippen molar-refractivity contribution in [1.82, 2.24) is 9.97 Å². The third kappa shape index (κ3) is 5.13. The van der Waals surface area contributed by atoms with Crippen LogP contribution >= 0.6 is 0 Å². The Morgan fingerprint density at radius 3 is 2.17 bits per heavy atom. The molecule has 0 aliphatic heterocycles. The number of halogens is 1. The number of hydrogen-bond donors (Lipinski definition) is 2. The van der Waals surface area contributed by atoms with Gasteiger partial charge in [0, 0.05) is 18.6 Å². The molecule has 0 bridgehead atoms. The molecule has 8 heteroatoms. The minimum Gasteiger partial charge on any atom is -0.457 e. The maximum Gasteiger partial charge on any atom is 0.239 e. The van der Waals surface area contributed by atoms with E-state index in [0.29, 0.717) is 28.7 Å². The number of carbonyl (C=O) groups is 2. The second-order valence-electron chi connectivity index (χ2n) is 6.37. The second-order valence-corrected chi connectivity index (χ2v) is 6.37. The van der Waals surface area contributed by atoms with Gasteiger partial charge in [0.1, 0.15) is 34.9 Å². The molecule has 3 aromatic rings. The molecule has 1 atom stereocenters. The monoisotopic (exact) mass is 394 g/mol. The lowest BCUT2D eigenvalue weighted by Gasteiger charge is -2.13. The van der Waals surface area contributed by atoms with Crippen LogP contribution < -0.4 is 15.8 Å². The van der Waals surface area contributed by atoms with E-state index in [-0.39, 0.29) is 17.3 Å². The van der Waals surface area contributed by atoms with E-state index in [0.717, 1.165) is 0 Å². The van der Waals surface area contributed by atoms with Crippen LogP contribution in [0.4, 0.5) is 10.2 Å². The molecule has 0 spiro atoms. The first-order chi connectivity index (χ1) is 13.8. The van der Waals surface area contributed by atoms with Gasteiger partial charge >= 0.3 is 0 Å². The number of ketones is 1. The molecule has 2 aromatic carbocycles. The molecule has 0 fully saturated rings. The lowest BCUT2D eigenvalue weighted by atomic mass is 10.2. The number of nitrogens with zero attached hydrogens (tertiary/aromatic N) is 2. The SMILES string of the molecule is CC(=O)c1cc(N[C@@H](C)C(N)=O)nc(-c2ccc(Oc3ccc(F)cc3)cc2)n1. The first-order valence-electron chi connectivity index (χ1n) is 8.81. The molecule has 29 heavy (non-hydrogen) atoms. The van der Waals surface area contributed by atoms with Crippen molar-refractivity contribution >= 4 is 17.5 Å². The quantitative estimate of drug-likeness (QED) is 0.593. The fourth-order valence-corrected chi connectivity index (χ4v) is 2.43. The number of carbonyl (C=O) groups excluding carboxylic acids is 2. The number of ether oxygens (including phenoxy) is 1. The number of primary amides is 1. The van der Waals surface area contributed by atoms with Crippen molar-refractivity contribution in [3.05, 3.63) is 66.1 Å². The molecular weight excluding hydrogens is 375 g/mol. The number of hydrogen-bond acceptors (Lipinski definition) is 6. The lowest BCUT2D eigenvalue weighted by molar-refractivity contribution is -0.118. The van der Waals surface area contributed by atoms with Crippen molar-refractivity contribution in [2.24, 2.45) is 5.73 Å². The summed E-state index contributed by atoms with van der Waals surface area (Å²) in [6.07, 6.45) is 0. The van der Waals surface area contributed by atoms with Crippen LogP contribution in [0.1, 0.15) is 24.3 Å². The third-order valence-corrected chi connectivity index (χ3v) is 4.04. The first-order valence-corrected chi connectivity index (χ1v) is 8.81. The standard InChI is InChI=1S/C21H19FN4O3/c1-12(20(23)28)24-19-11-18(13(2)27)25-21(26-19)14-3-7-16(8-4-14)29-17-9-5-15(22)6-10-17/h3-12H,1-2H3,(H2,23,28)(H,24,25,26)/t12-/m0/s1. The maximum absolute atomic E-state index is 13.0. The third-order valence-electron chi connectivity index (χ3n) is 4.04. The Labute approximate surface area is 166 Å². The van der Waals surface area contributed by atoms with Crippen LogP contribution in [-0.2, 0) is 4.79 Å². The number of benzene rings is 2. The van der Waals surface area contributed by atoms with Crippen molar-refractivity contribution in [2.75, 3.05) is 5.32 Å². The molecule has 3 rings (SSSR count). The van der Waals surface area contributed by atoms with Crippen LogP contribution in [0.25, 0.3) is 11.4 Å². The highest BCUT2D eigenvalue weighted by Crippen LogP contribution is 2.25. The van der Waals surface area contributed by atoms with Gasteiger partial charge in [-0.3, -0.25) is 9.59 Å². The second kappa shape index (κ2) is 8.47. The van der Waals surface area contributed by atoms with Gasteiger partial charge in [0.2, 0.25) is 5.91 Å². The minimum absolute atomic E-state index is 0.209. The summed E-state index contributed by atoms with van der Waals surface area (Å²) in [7, 11) is 0. The van der Waals surface area contributed by atoms with Gasteiger partial charge in [0.05, 0.1) is 0 Å². The van der Waals surface area contributed by atoms with E-state index in [1.807, 2.05) is 0 Å². The molecule has 7 nitrogen and oxygen atoms in total.